The second kappa shape index (κ2) is 8.08. The number of aliphatic hydroxyl groups excluding tert-OH is 1. The zero-order chi connectivity index (χ0) is 21.3. The SMILES string of the molecule is Cc1cc2cnn(CCO)c2cc1NC(=O)C1=CNC(=O)CC1c1ccc(F)cc1. The molecule has 8 heteroatoms. The molecule has 4 rings (SSSR count). The number of nitrogens with one attached hydrogen (secondary N) is 2. The van der Waals surface area contributed by atoms with Crippen molar-refractivity contribution in [3.8, 4) is 0 Å². The molecule has 0 aliphatic carbocycles. The minimum absolute atomic E-state index is 0.0434. The summed E-state index contributed by atoms with van der Waals surface area (Å²) in [6.45, 7) is 2.19. The van der Waals surface area contributed by atoms with Gasteiger partial charge < -0.3 is 15.7 Å². The molecule has 0 fully saturated rings. The number of aliphatic hydroxyl groups is 1. The van der Waals surface area contributed by atoms with Crippen LogP contribution in [0.3, 0.4) is 0 Å². The van der Waals surface area contributed by atoms with Gasteiger partial charge in [0, 0.05) is 35.2 Å². The van der Waals surface area contributed by atoms with E-state index in [2.05, 4.69) is 15.7 Å². The number of hydrogen-bond acceptors (Lipinski definition) is 4. The molecule has 2 amide bonds. The van der Waals surface area contributed by atoms with Crippen LogP contribution in [0.15, 0.2) is 54.4 Å². The maximum absolute atomic E-state index is 13.3. The molecule has 0 bridgehead atoms. The molecule has 7 nitrogen and oxygen atoms in total. The highest BCUT2D eigenvalue weighted by molar-refractivity contribution is 6.07. The Morgan fingerprint density at radius 2 is 2.10 bits per heavy atom. The number of amides is 2. The molecule has 3 N–H and O–H groups in total. The zero-order valence-electron chi connectivity index (χ0n) is 16.4. The van der Waals surface area contributed by atoms with Gasteiger partial charge in [0.05, 0.1) is 24.9 Å². The van der Waals surface area contributed by atoms with Gasteiger partial charge in [-0.1, -0.05) is 12.1 Å². The minimum atomic E-state index is -0.469. The van der Waals surface area contributed by atoms with Crippen LogP contribution in [0.25, 0.3) is 10.9 Å². The molecule has 2 aromatic carbocycles. The van der Waals surface area contributed by atoms with E-state index in [0.717, 1.165) is 16.5 Å². The lowest BCUT2D eigenvalue weighted by Crippen LogP contribution is -2.32. The molecule has 2 heterocycles. The monoisotopic (exact) mass is 408 g/mol. The van der Waals surface area contributed by atoms with Gasteiger partial charge in [0.25, 0.3) is 5.91 Å². The quantitative estimate of drug-likeness (QED) is 0.605. The summed E-state index contributed by atoms with van der Waals surface area (Å²) in [6.07, 6.45) is 3.23. The smallest absolute Gasteiger partial charge is 0.253 e. The molecule has 1 aliphatic rings. The lowest BCUT2D eigenvalue weighted by atomic mass is 9.86. The highest BCUT2D eigenvalue weighted by Gasteiger charge is 2.29. The predicted molar refractivity (Wildman–Crippen MR) is 110 cm³/mol. The fraction of sp³-hybridized carbons (Fsp3) is 0.227. The van der Waals surface area contributed by atoms with Crippen LogP contribution in [0.5, 0.6) is 0 Å². The van der Waals surface area contributed by atoms with Crippen LogP contribution in [0.4, 0.5) is 10.1 Å². The fourth-order valence-corrected chi connectivity index (χ4v) is 3.67. The molecule has 1 aromatic heterocycles. The zero-order valence-corrected chi connectivity index (χ0v) is 16.4. The summed E-state index contributed by atoms with van der Waals surface area (Å²) < 4.78 is 15.0. The lowest BCUT2D eigenvalue weighted by molar-refractivity contribution is -0.121. The highest BCUT2D eigenvalue weighted by Crippen LogP contribution is 2.32. The Morgan fingerprint density at radius 1 is 1.33 bits per heavy atom. The first-order chi connectivity index (χ1) is 14.5. The third kappa shape index (κ3) is 3.81. The van der Waals surface area contributed by atoms with E-state index in [1.807, 2.05) is 19.1 Å². The van der Waals surface area contributed by atoms with Crippen molar-refractivity contribution >= 4 is 28.4 Å². The van der Waals surface area contributed by atoms with Crippen LogP contribution in [0.1, 0.15) is 23.5 Å². The van der Waals surface area contributed by atoms with E-state index in [1.165, 1.54) is 18.3 Å². The molecule has 0 saturated carbocycles. The van der Waals surface area contributed by atoms with E-state index in [0.29, 0.717) is 23.4 Å². The number of benzene rings is 2. The number of nitrogens with zero attached hydrogens (tertiary/aromatic N) is 2. The second-order valence-electron chi connectivity index (χ2n) is 7.25. The molecule has 1 atom stereocenters. The molecule has 30 heavy (non-hydrogen) atoms. The molecule has 0 saturated heterocycles. The summed E-state index contributed by atoms with van der Waals surface area (Å²) >= 11 is 0. The van der Waals surface area contributed by atoms with Gasteiger partial charge in [-0.15, -0.1) is 0 Å². The molecule has 3 aromatic rings. The predicted octanol–water partition coefficient (Wildman–Crippen LogP) is 2.60. The number of halogens is 1. The topological polar surface area (TPSA) is 96.2 Å². The Bertz CT molecular complexity index is 1150. The van der Waals surface area contributed by atoms with Gasteiger partial charge in [-0.3, -0.25) is 14.3 Å². The third-order valence-electron chi connectivity index (χ3n) is 5.24. The van der Waals surface area contributed by atoms with E-state index in [-0.39, 0.29) is 30.7 Å². The Labute approximate surface area is 172 Å². The highest BCUT2D eigenvalue weighted by atomic mass is 19.1. The molecule has 1 aliphatic heterocycles. The average Bonchev–Trinajstić information content (AvgIpc) is 3.10. The molecule has 0 spiro atoms. The van der Waals surface area contributed by atoms with Crippen LogP contribution in [-0.2, 0) is 16.1 Å². The van der Waals surface area contributed by atoms with Gasteiger partial charge in [-0.2, -0.15) is 5.10 Å². The van der Waals surface area contributed by atoms with Crippen LogP contribution in [0, 0.1) is 12.7 Å². The maximum Gasteiger partial charge on any atom is 0.253 e. The van der Waals surface area contributed by atoms with Crippen molar-refractivity contribution in [2.45, 2.75) is 25.8 Å². The van der Waals surface area contributed by atoms with Gasteiger partial charge in [-0.05, 0) is 42.3 Å². The fourth-order valence-electron chi connectivity index (χ4n) is 3.67. The number of anilines is 1. The van der Waals surface area contributed by atoms with E-state index in [9.17, 15) is 19.1 Å². The number of fused-ring (bicyclic) bond motifs is 1. The molecule has 0 radical (unpaired) electrons. The largest absolute Gasteiger partial charge is 0.394 e. The second-order valence-corrected chi connectivity index (χ2v) is 7.25. The van der Waals surface area contributed by atoms with Crippen LogP contribution in [0.2, 0.25) is 0 Å². The Morgan fingerprint density at radius 3 is 2.83 bits per heavy atom. The standard InChI is InChI=1S/C22H21FN4O3/c1-13-8-15-11-25-27(6-7-28)20(15)10-19(13)26-22(30)18-12-24-21(29)9-17(18)14-2-4-16(23)5-3-14/h2-5,8,10-12,17,28H,6-7,9H2,1H3,(H,24,29)(H,26,30). The van der Waals surface area contributed by atoms with Crippen molar-refractivity contribution in [3.63, 3.8) is 0 Å². The van der Waals surface area contributed by atoms with Gasteiger partial charge in [0.2, 0.25) is 5.91 Å². The maximum atomic E-state index is 13.3. The van der Waals surface area contributed by atoms with Crippen LogP contribution < -0.4 is 10.6 Å². The summed E-state index contributed by atoms with van der Waals surface area (Å²) in [7, 11) is 0. The Balaban J connectivity index is 1.64. The van der Waals surface area contributed by atoms with Gasteiger partial charge in [0.1, 0.15) is 5.82 Å². The number of hydrogen-bond donors (Lipinski definition) is 3. The van der Waals surface area contributed by atoms with Crippen molar-refractivity contribution in [1.29, 1.82) is 0 Å². The van der Waals surface area contributed by atoms with Crippen LogP contribution >= 0.6 is 0 Å². The van der Waals surface area contributed by atoms with Gasteiger partial charge >= 0.3 is 0 Å². The van der Waals surface area contributed by atoms with Crippen molar-refractivity contribution in [3.05, 3.63) is 71.3 Å². The molecular formula is C22H21FN4O3. The number of rotatable bonds is 5. The first kappa shape index (κ1) is 19.8. The average molecular weight is 408 g/mol. The van der Waals surface area contributed by atoms with E-state index >= 15 is 0 Å². The number of aromatic nitrogens is 2. The van der Waals surface area contributed by atoms with Crippen molar-refractivity contribution in [2.75, 3.05) is 11.9 Å². The van der Waals surface area contributed by atoms with Crippen LogP contribution in [-0.4, -0.2) is 33.3 Å². The summed E-state index contributed by atoms with van der Waals surface area (Å²) in [4.78, 5) is 25.0. The minimum Gasteiger partial charge on any atom is -0.394 e. The molecular weight excluding hydrogens is 387 g/mol. The Hall–Kier alpha value is -3.52. The summed E-state index contributed by atoms with van der Waals surface area (Å²) in [5, 5.41) is 19.9. The van der Waals surface area contributed by atoms with E-state index < -0.39 is 5.92 Å². The van der Waals surface area contributed by atoms with E-state index in [4.69, 9.17) is 0 Å². The lowest BCUT2D eigenvalue weighted by Gasteiger charge is -2.24. The van der Waals surface area contributed by atoms with Crippen molar-refractivity contribution < 1.29 is 19.1 Å². The number of carbonyl (C=O) groups is 2. The normalized spacial score (nSPS) is 16.3. The van der Waals surface area contributed by atoms with Gasteiger partial charge in [0.15, 0.2) is 0 Å². The Kier molecular flexibility index (Phi) is 5.33. The number of carbonyl (C=O) groups excluding carboxylic acids is 2. The van der Waals surface area contributed by atoms with Gasteiger partial charge in [-0.25, -0.2) is 4.39 Å². The summed E-state index contributed by atoms with van der Waals surface area (Å²) in [6, 6.07) is 9.55. The summed E-state index contributed by atoms with van der Waals surface area (Å²) in [5.74, 6) is -1.40. The van der Waals surface area contributed by atoms with Crippen molar-refractivity contribution in [2.24, 2.45) is 0 Å². The van der Waals surface area contributed by atoms with Crippen molar-refractivity contribution in [1.82, 2.24) is 15.1 Å². The first-order valence-corrected chi connectivity index (χ1v) is 9.59. The molecule has 154 valence electrons. The summed E-state index contributed by atoms with van der Waals surface area (Å²) in [5.41, 5.74) is 3.36. The molecule has 1 unspecified atom stereocenters. The first-order valence-electron chi connectivity index (χ1n) is 9.59. The third-order valence-corrected chi connectivity index (χ3v) is 5.24. The number of aryl methyl sites for hydroxylation is 1. The van der Waals surface area contributed by atoms with E-state index in [1.54, 1.807) is 23.0 Å².